The number of carboxylic acid groups (broad SMARTS) is 1. The van der Waals surface area contributed by atoms with Crippen LogP contribution in [0.5, 0.6) is 5.75 Å². The van der Waals surface area contributed by atoms with Crippen LogP contribution in [0.3, 0.4) is 0 Å². The topological polar surface area (TPSA) is 101 Å². The first kappa shape index (κ1) is 14.3. The summed E-state index contributed by atoms with van der Waals surface area (Å²) < 4.78 is 5.08. The number of nitrogens with zero attached hydrogens (tertiary/aromatic N) is 1. The molecule has 0 unspecified atom stereocenters. The fraction of sp³-hybridized carbons (Fsp3) is 0.0714. The molecule has 0 fully saturated rings. The van der Waals surface area contributed by atoms with Crippen LogP contribution in [0, 0.1) is 0 Å². The fourth-order valence-corrected chi connectivity index (χ4v) is 1.66. The first-order valence-electron chi connectivity index (χ1n) is 5.99. The molecule has 7 nitrogen and oxygen atoms in total. The van der Waals surface area contributed by atoms with Crippen LogP contribution >= 0.6 is 0 Å². The van der Waals surface area contributed by atoms with Gasteiger partial charge in [0.05, 0.1) is 30.2 Å². The highest BCUT2D eigenvalue weighted by molar-refractivity contribution is 6.01. The Kier molecular flexibility index (Phi) is 4.35. The van der Waals surface area contributed by atoms with Crippen molar-refractivity contribution in [1.82, 2.24) is 4.98 Å². The van der Waals surface area contributed by atoms with E-state index < -0.39 is 12.0 Å². The second kappa shape index (κ2) is 6.38. The molecule has 1 heterocycles. The summed E-state index contributed by atoms with van der Waals surface area (Å²) in [7, 11) is 1.43. The van der Waals surface area contributed by atoms with E-state index in [1.54, 1.807) is 18.3 Å². The van der Waals surface area contributed by atoms with Crippen LogP contribution in [0.2, 0.25) is 0 Å². The van der Waals surface area contributed by atoms with Crippen LogP contribution in [0.1, 0.15) is 10.4 Å². The summed E-state index contributed by atoms with van der Waals surface area (Å²) in [6, 6.07) is 7.03. The molecule has 21 heavy (non-hydrogen) atoms. The molecule has 1 aromatic carbocycles. The maximum Gasteiger partial charge on any atom is 0.335 e. The molecule has 0 bridgehead atoms. The fourth-order valence-electron chi connectivity index (χ4n) is 1.66. The number of hydrogen-bond donors (Lipinski definition) is 3. The average molecular weight is 287 g/mol. The minimum atomic E-state index is -1.09. The third-order valence-corrected chi connectivity index (χ3v) is 2.61. The SMILES string of the molecule is COc1ccc(C(=O)O)cc1NC(=O)Nc1cccnc1. The number of aromatic carboxylic acids is 1. The Labute approximate surface area is 120 Å². The number of urea groups is 1. The second-order valence-electron chi connectivity index (χ2n) is 4.04. The van der Waals surface area contributed by atoms with Crippen LogP contribution < -0.4 is 15.4 Å². The number of hydrogen-bond acceptors (Lipinski definition) is 4. The summed E-state index contributed by atoms with van der Waals surface area (Å²) in [5, 5.41) is 14.1. The molecule has 2 rings (SSSR count). The van der Waals surface area contributed by atoms with Gasteiger partial charge >= 0.3 is 12.0 Å². The van der Waals surface area contributed by atoms with E-state index in [4.69, 9.17) is 9.84 Å². The van der Waals surface area contributed by atoms with Gasteiger partial charge in [-0.25, -0.2) is 9.59 Å². The third-order valence-electron chi connectivity index (χ3n) is 2.61. The Bertz CT molecular complexity index is 659. The lowest BCUT2D eigenvalue weighted by Gasteiger charge is -2.11. The highest BCUT2D eigenvalue weighted by Crippen LogP contribution is 2.25. The summed E-state index contributed by atoms with van der Waals surface area (Å²) in [5.74, 6) is -0.727. The number of benzene rings is 1. The van der Waals surface area contributed by atoms with Crippen molar-refractivity contribution in [2.75, 3.05) is 17.7 Å². The van der Waals surface area contributed by atoms with E-state index >= 15 is 0 Å². The number of carbonyl (C=O) groups is 2. The molecule has 0 spiro atoms. The molecule has 3 N–H and O–H groups in total. The smallest absolute Gasteiger partial charge is 0.335 e. The first-order valence-corrected chi connectivity index (χ1v) is 5.99. The molecule has 0 aliphatic carbocycles. The van der Waals surface area contributed by atoms with Crippen molar-refractivity contribution in [1.29, 1.82) is 0 Å². The van der Waals surface area contributed by atoms with E-state index in [9.17, 15) is 9.59 Å². The van der Waals surface area contributed by atoms with Crippen molar-refractivity contribution in [3.05, 3.63) is 48.3 Å². The lowest BCUT2D eigenvalue weighted by atomic mass is 10.2. The van der Waals surface area contributed by atoms with E-state index in [0.29, 0.717) is 11.4 Å². The lowest BCUT2D eigenvalue weighted by Crippen LogP contribution is -2.20. The van der Waals surface area contributed by atoms with Gasteiger partial charge in [-0.1, -0.05) is 0 Å². The van der Waals surface area contributed by atoms with E-state index in [-0.39, 0.29) is 11.3 Å². The van der Waals surface area contributed by atoms with Crippen molar-refractivity contribution >= 4 is 23.4 Å². The van der Waals surface area contributed by atoms with Gasteiger partial charge < -0.3 is 20.5 Å². The van der Waals surface area contributed by atoms with Crippen molar-refractivity contribution in [3.8, 4) is 5.75 Å². The molecular weight excluding hydrogens is 274 g/mol. The summed E-state index contributed by atoms with van der Waals surface area (Å²) in [5.41, 5.74) is 0.828. The normalized spacial score (nSPS) is 9.76. The van der Waals surface area contributed by atoms with Crippen molar-refractivity contribution in [2.45, 2.75) is 0 Å². The Morgan fingerprint density at radius 2 is 2.05 bits per heavy atom. The predicted molar refractivity (Wildman–Crippen MR) is 76.8 cm³/mol. The number of pyridine rings is 1. The monoisotopic (exact) mass is 287 g/mol. The van der Waals surface area contributed by atoms with Crippen LogP contribution in [0.4, 0.5) is 16.2 Å². The highest BCUT2D eigenvalue weighted by Gasteiger charge is 2.11. The molecule has 0 saturated heterocycles. The van der Waals surface area contributed by atoms with E-state index in [0.717, 1.165) is 0 Å². The van der Waals surface area contributed by atoms with Crippen LogP contribution in [0.25, 0.3) is 0 Å². The Morgan fingerprint density at radius 1 is 1.24 bits per heavy atom. The third kappa shape index (κ3) is 3.69. The molecule has 1 aromatic heterocycles. The van der Waals surface area contributed by atoms with Crippen molar-refractivity contribution in [3.63, 3.8) is 0 Å². The largest absolute Gasteiger partial charge is 0.495 e. The van der Waals surface area contributed by atoms with E-state index in [2.05, 4.69) is 15.6 Å². The minimum absolute atomic E-state index is 0.0486. The zero-order valence-electron chi connectivity index (χ0n) is 11.2. The molecule has 0 radical (unpaired) electrons. The number of rotatable bonds is 4. The van der Waals surface area contributed by atoms with Gasteiger partial charge in [-0.15, -0.1) is 0 Å². The van der Waals surface area contributed by atoms with Crippen LogP contribution in [-0.4, -0.2) is 29.2 Å². The Hall–Kier alpha value is -3.09. The van der Waals surface area contributed by atoms with Crippen molar-refractivity contribution < 1.29 is 19.4 Å². The number of amides is 2. The molecule has 0 saturated carbocycles. The molecular formula is C14H13N3O4. The maximum absolute atomic E-state index is 11.9. The number of ether oxygens (including phenoxy) is 1. The summed E-state index contributed by atoms with van der Waals surface area (Å²) >= 11 is 0. The first-order chi connectivity index (χ1) is 10.1. The van der Waals surface area contributed by atoms with E-state index in [1.165, 1.54) is 31.5 Å². The summed E-state index contributed by atoms with van der Waals surface area (Å²) in [4.78, 5) is 26.7. The molecule has 0 aliphatic heterocycles. The molecule has 108 valence electrons. The van der Waals surface area contributed by atoms with Crippen LogP contribution in [0.15, 0.2) is 42.7 Å². The second-order valence-corrected chi connectivity index (χ2v) is 4.04. The van der Waals surface area contributed by atoms with Gasteiger partial charge in [-0.2, -0.15) is 0 Å². The van der Waals surface area contributed by atoms with Crippen molar-refractivity contribution in [2.24, 2.45) is 0 Å². The molecule has 2 aromatic rings. The Morgan fingerprint density at radius 3 is 2.67 bits per heavy atom. The number of nitrogens with one attached hydrogen (secondary N) is 2. The van der Waals surface area contributed by atoms with Gasteiger partial charge in [-0.05, 0) is 30.3 Å². The summed E-state index contributed by atoms with van der Waals surface area (Å²) in [6.07, 6.45) is 3.08. The number of aromatic nitrogens is 1. The van der Waals surface area contributed by atoms with Crippen LogP contribution in [-0.2, 0) is 0 Å². The van der Waals surface area contributed by atoms with Gasteiger partial charge in [0, 0.05) is 6.20 Å². The summed E-state index contributed by atoms with van der Waals surface area (Å²) in [6.45, 7) is 0. The number of carbonyl (C=O) groups excluding carboxylic acids is 1. The molecule has 0 atom stereocenters. The minimum Gasteiger partial charge on any atom is -0.495 e. The van der Waals surface area contributed by atoms with Gasteiger partial charge in [0.2, 0.25) is 0 Å². The molecule has 0 aliphatic rings. The van der Waals surface area contributed by atoms with E-state index in [1.807, 2.05) is 0 Å². The van der Waals surface area contributed by atoms with Gasteiger partial charge in [0.1, 0.15) is 5.75 Å². The number of anilines is 2. The Balaban J connectivity index is 2.16. The highest BCUT2D eigenvalue weighted by atomic mass is 16.5. The van der Waals surface area contributed by atoms with Gasteiger partial charge in [-0.3, -0.25) is 4.98 Å². The lowest BCUT2D eigenvalue weighted by molar-refractivity contribution is 0.0697. The molecule has 2 amide bonds. The number of carboxylic acids is 1. The predicted octanol–water partition coefficient (Wildman–Crippen LogP) is 2.43. The molecule has 7 heteroatoms. The number of methoxy groups -OCH3 is 1. The van der Waals surface area contributed by atoms with Gasteiger partial charge in [0.15, 0.2) is 0 Å². The average Bonchev–Trinajstić information content (AvgIpc) is 2.48. The standard InChI is InChI=1S/C14H13N3O4/c1-21-12-5-4-9(13(18)19)7-11(12)17-14(20)16-10-3-2-6-15-8-10/h2-8H,1H3,(H,18,19)(H2,16,17,20). The zero-order valence-corrected chi connectivity index (χ0v) is 11.2. The quantitative estimate of drug-likeness (QED) is 0.801. The maximum atomic E-state index is 11.9. The zero-order chi connectivity index (χ0) is 15.2. The van der Waals surface area contributed by atoms with Gasteiger partial charge in [0.25, 0.3) is 0 Å².